The Labute approximate surface area is 164 Å². The molecule has 142 valence electrons. The summed E-state index contributed by atoms with van der Waals surface area (Å²) in [4.78, 5) is 16.2. The van der Waals surface area contributed by atoms with Gasteiger partial charge in [-0.25, -0.2) is 8.42 Å². The maximum atomic E-state index is 12.7. The molecule has 26 heavy (non-hydrogen) atoms. The zero-order chi connectivity index (χ0) is 19.1. The predicted octanol–water partition coefficient (Wildman–Crippen LogP) is 2.84. The Kier molecular flexibility index (Phi) is 5.53. The fraction of sp³-hybridized carbons (Fsp3) is 0.471. The van der Waals surface area contributed by atoms with Crippen LogP contribution >= 0.6 is 23.2 Å². The van der Waals surface area contributed by atoms with Gasteiger partial charge in [-0.3, -0.25) is 4.79 Å². The van der Waals surface area contributed by atoms with Crippen LogP contribution in [0.1, 0.15) is 20.3 Å². The molecule has 1 amide bonds. The number of benzene rings is 1. The first-order valence-electron chi connectivity index (χ1n) is 8.42. The molecule has 0 bridgehead atoms. The molecule has 0 spiro atoms. The molecule has 0 atom stereocenters. The van der Waals surface area contributed by atoms with Gasteiger partial charge in [-0.15, -0.1) is 0 Å². The third-order valence-corrected chi connectivity index (χ3v) is 7.49. The Bertz CT molecular complexity index is 855. The highest BCUT2D eigenvalue weighted by Gasteiger charge is 2.36. The molecule has 2 aliphatic rings. The van der Waals surface area contributed by atoms with Crippen molar-refractivity contribution in [3.05, 3.63) is 40.0 Å². The van der Waals surface area contributed by atoms with Crippen molar-refractivity contribution in [3.63, 3.8) is 0 Å². The molecule has 1 fully saturated rings. The zero-order valence-corrected chi connectivity index (χ0v) is 17.0. The average molecular weight is 418 g/mol. The number of carbonyl (C=O) groups is 1. The lowest BCUT2D eigenvalue weighted by atomic mass is 10.1. The number of carbonyl (C=O) groups excluding carboxylic acids is 1. The maximum Gasteiger partial charge on any atom is 0.271 e. The van der Waals surface area contributed by atoms with Crippen molar-refractivity contribution in [2.45, 2.75) is 25.5 Å². The van der Waals surface area contributed by atoms with E-state index in [9.17, 15) is 13.2 Å². The highest BCUT2D eigenvalue weighted by molar-refractivity contribution is 7.89. The second-order valence-corrected chi connectivity index (χ2v) is 9.92. The van der Waals surface area contributed by atoms with E-state index < -0.39 is 15.3 Å². The van der Waals surface area contributed by atoms with Crippen LogP contribution in [0.5, 0.6) is 0 Å². The first-order valence-corrected chi connectivity index (χ1v) is 10.7. The Balaban J connectivity index is 1.79. The number of hydrogen-bond acceptors (Lipinski definition) is 4. The van der Waals surface area contributed by atoms with Crippen molar-refractivity contribution in [2.24, 2.45) is 0 Å². The molecule has 1 aromatic carbocycles. The summed E-state index contributed by atoms with van der Waals surface area (Å²) in [6.07, 6.45) is 0.562. The molecule has 0 unspecified atom stereocenters. The van der Waals surface area contributed by atoms with Crippen molar-refractivity contribution >= 4 is 44.8 Å². The van der Waals surface area contributed by atoms with Crippen molar-refractivity contribution in [1.82, 2.24) is 9.21 Å². The van der Waals surface area contributed by atoms with Crippen LogP contribution in [-0.4, -0.2) is 55.1 Å². The van der Waals surface area contributed by atoms with E-state index in [1.807, 2.05) is 11.0 Å². The van der Waals surface area contributed by atoms with Gasteiger partial charge in [-0.2, -0.15) is 4.31 Å². The summed E-state index contributed by atoms with van der Waals surface area (Å²) >= 11 is 12.4. The molecule has 2 heterocycles. The summed E-state index contributed by atoms with van der Waals surface area (Å²) in [5.41, 5.74) is 1.40. The highest BCUT2D eigenvalue weighted by Crippen LogP contribution is 2.31. The average Bonchev–Trinajstić information content (AvgIpc) is 3.07. The fourth-order valence-corrected chi connectivity index (χ4v) is 4.88. The Morgan fingerprint density at radius 3 is 2.50 bits per heavy atom. The van der Waals surface area contributed by atoms with Gasteiger partial charge < -0.3 is 9.80 Å². The lowest BCUT2D eigenvalue weighted by Gasteiger charge is -2.32. The van der Waals surface area contributed by atoms with E-state index in [2.05, 4.69) is 0 Å². The van der Waals surface area contributed by atoms with Crippen LogP contribution in [0.3, 0.4) is 0 Å². The Hall–Kier alpha value is -1.28. The van der Waals surface area contributed by atoms with E-state index in [0.29, 0.717) is 42.5 Å². The van der Waals surface area contributed by atoms with E-state index in [-0.39, 0.29) is 17.6 Å². The molecule has 0 aliphatic carbocycles. The summed E-state index contributed by atoms with van der Waals surface area (Å²) < 4.78 is 26.1. The van der Waals surface area contributed by atoms with E-state index in [4.69, 9.17) is 23.2 Å². The summed E-state index contributed by atoms with van der Waals surface area (Å²) in [7, 11) is -3.32. The SMILES string of the molecule is CC(C)S(=O)(=O)N1CCN(C2=C(Cl)C(=O)N(c3cccc(Cl)c3)CC2)C1. The number of halogens is 2. The number of amides is 1. The number of rotatable bonds is 4. The van der Waals surface area contributed by atoms with Crippen molar-refractivity contribution in [3.8, 4) is 0 Å². The van der Waals surface area contributed by atoms with Gasteiger partial charge in [0.15, 0.2) is 0 Å². The molecule has 9 heteroatoms. The third-order valence-electron chi connectivity index (χ3n) is 4.66. The molecular formula is C17H21Cl2N3O3S. The van der Waals surface area contributed by atoms with Crippen molar-refractivity contribution < 1.29 is 13.2 Å². The topological polar surface area (TPSA) is 60.9 Å². The Morgan fingerprint density at radius 2 is 1.85 bits per heavy atom. The molecule has 0 radical (unpaired) electrons. The molecule has 1 aromatic rings. The lowest BCUT2D eigenvalue weighted by molar-refractivity contribution is -0.115. The number of anilines is 1. The van der Waals surface area contributed by atoms with Gasteiger partial charge >= 0.3 is 0 Å². The molecule has 3 rings (SSSR count). The highest BCUT2D eigenvalue weighted by atomic mass is 35.5. The number of sulfonamides is 1. The van der Waals surface area contributed by atoms with E-state index >= 15 is 0 Å². The van der Waals surface area contributed by atoms with Crippen molar-refractivity contribution in [1.29, 1.82) is 0 Å². The summed E-state index contributed by atoms with van der Waals surface area (Å²) in [6.45, 7) is 4.96. The van der Waals surface area contributed by atoms with Crippen LogP contribution in [0, 0.1) is 0 Å². The number of hydrogen-bond donors (Lipinski definition) is 0. The molecule has 1 saturated heterocycles. The van der Waals surface area contributed by atoms with E-state index in [1.165, 1.54) is 4.31 Å². The van der Waals surface area contributed by atoms with Gasteiger partial charge in [0.1, 0.15) is 5.03 Å². The lowest BCUT2D eigenvalue weighted by Crippen LogP contribution is -2.40. The molecule has 0 N–H and O–H groups in total. The third kappa shape index (κ3) is 3.58. The fourth-order valence-electron chi connectivity index (χ4n) is 3.15. The van der Waals surface area contributed by atoms with Gasteiger partial charge in [-0.1, -0.05) is 29.3 Å². The van der Waals surface area contributed by atoms with Crippen LogP contribution in [0.4, 0.5) is 5.69 Å². The van der Waals surface area contributed by atoms with Crippen LogP contribution in [0.2, 0.25) is 5.02 Å². The maximum absolute atomic E-state index is 12.7. The standard InChI is InChI=1S/C17H21Cl2N3O3S/c1-12(2)26(24,25)21-9-8-20(11-21)15-6-7-22(17(23)16(15)19)14-5-3-4-13(18)10-14/h3-5,10,12H,6-9,11H2,1-2H3. The monoisotopic (exact) mass is 417 g/mol. The predicted molar refractivity (Wildman–Crippen MR) is 104 cm³/mol. The van der Waals surface area contributed by atoms with Crippen LogP contribution in [0.25, 0.3) is 0 Å². The smallest absolute Gasteiger partial charge is 0.271 e. The minimum Gasteiger partial charge on any atom is -0.358 e. The van der Waals surface area contributed by atoms with Crippen LogP contribution < -0.4 is 4.90 Å². The molecule has 0 aromatic heterocycles. The van der Waals surface area contributed by atoms with E-state index in [1.54, 1.807) is 36.9 Å². The first kappa shape index (κ1) is 19.5. The van der Waals surface area contributed by atoms with Gasteiger partial charge in [0.05, 0.1) is 11.9 Å². The summed E-state index contributed by atoms with van der Waals surface area (Å²) in [5.74, 6) is -0.291. The summed E-state index contributed by atoms with van der Waals surface area (Å²) in [6, 6.07) is 7.07. The second kappa shape index (κ2) is 7.38. The van der Waals surface area contributed by atoms with Gasteiger partial charge in [-0.05, 0) is 32.0 Å². The van der Waals surface area contributed by atoms with Crippen molar-refractivity contribution in [2.75, 3.05) is 31.2 Å². The molecule has 2 aliphatic heterocycles. The second-order valence-electron chi connectivity index (χ2n) is 6.62. The zero-order valence-electron chi connectivity index (χ0n) is 14.7. The molecule has 6 nitrogen and oxygen atoms in total. The minimum atomic E-state index is -3.32. The number of nitrogens with zero attached hydrogens (tertiary/aromatic N) is 3. The quantitative estimate of drug-likeness (QED) is 0.755. The van der Waals surface area contributed by atoms with Gasteiger partial charge in [0.25, 0.3) is 5.91 Å². The minimum absolute atomic E-state index is 0.139. The Morgan fingerprint density at radius 1 is 1.12 bits per heavy atom. The van der Waals surface area contributed by atoms with Crippen LogP contribution in [0.15, 0.2) is 35.0 Å². The molecular weight excluding hydrogens is 397 g/mol. The van der Waals surface area contributed by atoms with Gasteiger partial charge in [0, 0.05) is 42.5 Å². The largest absolute Gasteiger partial charge is 0.358 e. The van der Waals surface area contributed by atoms with E-state index in [0.717, 1.165) is 0 Å². The molecule has 0 saturated carbocycles. The normalized spacial score (nSPS) is 19.8. The first-order chi connectivity index (χ1) is 12.2. The summed E-state index contributed by atoms with van der Waals surface area (Å²) in [5, 5.41) is 0.216. The van der Waals surface area contributed by atoms with Crippen LogP contribution in [-0.2, 0) is 14.8 Å². The van der Waals surface area contributed by atoms with Gasteiger partial charge in [0.2, 0.25) is 10.0 Å².